The van der Waals surface area contributed by atoms with E-state index in [-0.39, 0.29) is 11.9 Å². The number of carbonyl (C=O) groups is 2. The monoisotopic (exact) mass is 432 g/mol. The van der Waals surface area contributed by atoms with E-state index >= 15 is 0 Å². The van der Waals surface area contributed by atoms with Gasteiger partial charge in [-0.2, -0.15) is 0 Å². The molecule has 17 heavy (non-hydrogen) atoms. The van der Waals surface area contributed by atoms with Gasteiger partial charge in [0, 0.05) is 0 Å². The summed E-state index contributed by atoms with van der Waals surface area (Å²) in [6, 6.07) is 0. The molecule has 0 saturated carbocycles. The molecule has 0 rings (SSSR count). The van der Waals surface area contributed by atoms with Crippen LogP contribution >= 0.6 is 0 Å². The van der Waals surface area contributed by atoms with Crippen molar-refractivity contribution in [2.75, 3.05) is 0 Å². The zero-order valence-corrected chi connectivity index (χ0v) is 16.5. The van der Waals surface area contributed by atoms with E-state index in [1.807, 2.05) is 0 Å². The van der Waals surface area contributed by atoms with E-state index in [1.54, 1.807) is 0 Å². The Balaban J connectivity index is 3.36. The van der Waals surface area contributed by atoms with E-state index < -0.39 is 25.5 Å². The Morgan fingerprint density at radius 3 is 1.59 bits per heavy atom. The minimum atomic E-state index is -2.18. The first kappa shape index (κ1) is 16.9. The quantitative estimate of drug-likeness (QED) is 0.394. The van der Waals surface area contributed by atoms with E-state index in [0.29, 0.717) is 12.8 Å². The van der Waals surface area contributed by atoms with Gasteiger partial charge in [0.1, 0.15) is 0 Å². The second kappa shape index (κ2) is 12.3. The number of hydrogen-bond donors (Lipinski definition) is 0. The van der Waals surface area contributed by atoms with Crippen LogP contribution in [0.4, 0.5) is 0 Å². The first-order chi connectivity index (χ1) is 8.20. The van der Waals surface area contributed by atoms with Crippen LogP contribution in [-0.4, -0.2) is 11.9 Å². The first-order valence-electron chi connectivity index (χ1n) is 6.52. The summed E-state index contributed by atoms with van der Waals surface area (Å²) in [7, 11) is 0. The molecule has 0 aromatic carbocycles. The van der Waals surface area contributed by atoms with Gasteiger partial charge in [-0.15, -0.1) is 0 Å². The molecule has 0 radical (unpaired) electrons. The van der Waals surface area contributed by atoms with Crippen molar-refractivity contribution in [2.45, 2.75) is 65.2 Å². The molecular weight excluding hydrogens is 409 g/mol. The molecule has 0 amide bonds. The van der Waals surface area contributed by atoms with Crippen LogP contribution in [0.25, 0.3) is 0 Å². The van der Waals surface area contributed by atoms with Gasteiger partial charge in [-0.05, 0) is 0 Å². The number of rotatable bonds is 10. The summed E-state index contributed by atoms with van der Waals surface area (Å²) in [5.74, 6) is -0.386. The van der Waals surface area contributed by atoms with E-state index in [2.05, 4.69) is 13.8 Å². The van der Waals surface area contributed by atoms with Crippen LogP contribution in [0.3, 0.4) is 0 Å². The molecular formula is C12H22HgO4. The van der Waals surface area contributed by atoms with Crippen LogP contribution in [0.1, 0.15) is 65.2 Å². The van der Waals surface area contributed by atoms with Gasteiger partial charge < -0.3 is 0 Å². The van der Waals surface area contributed by atoms with Gasteiger partial charge in [-0.1, -0.05) is 0 Å². The molecule has 0 heterocycles. The Morgan fingerprint density at radius 2 is 1.24 bits per heavy atom. The molecule has 0 aliphatic heterocycles. The Morgan fingerprint density at radius 1 is 0.824 bits per heavy atom. The maximum atomic E-state index is 11.2. The third-order valence-electron chi connectivity index (χ3n) is 2.41. The van der Waals surface area contributed by atoms with Gasteiger partial charge >= 0.3 is 118 Å². The average molecular weight is 431 g/mol. The van der Waals surface area contributed by atoms with Crippen molar-refractivity contribution in [3.05, 3.63) is 0 Å². The van der Waals surface area contributed by atoms with Crippen LogP contribution in [-0.2, 0) is 40.4 Å². The van der Waals surface area contributed by atoms with Crippen molar-refractivity contribution in [1.29, 1.82) is 0 Å². The number of hydrogen-bond acceptors (Lipinski definition) is 4. The topological polar surface area (TPSA) is 52.6 Å². The normalized spacial score (nSPS) is 9.53. The molecule has 0 fully saturated rings. The molecule has 0 bridgehead atoms. The Bertz CT molecular complexity index is 197. The van der Waals surface area contributed by atoms with E-state index in [1.165, 1.54) is 0 Å². The zero-order chi connectivity index (χ0) is 12.9. The number of carbonyl (C=O) groups excluding carboxylic acids is 2. The Kier molecular flexibility index (Phi) is 12.2. The van der Waals surface area contributed by atoms with Crippen LogP contribution in [0.5, 0.6) is 0 Å². The second-order valence-corrected chi connectivity index (χ2v) is 7.23. The van der Waals surface area contributed by atoms with Gasteiger partial charge in [-0.25, -0.2) is 0 Å². The predicted molar refractivity (Wildman–Crippen MR) is 60.5 cm³/mol. The molecule has 0 N–H and O–H groups in total. The van der Waals surface area contributed by atoms with Crippen molar-refractivity contribution in [3.8, 4) is 0 Å². The average Bonchev–Trinajstić information content (AvgIpc) is 2.30. The Hall–Kier alpha value is -0.125. The third kappa shape index (κ3) is 12.1. The molecule has 96 valence electrons. The number of unbranched alkanes of at least 4 members (excludes halogenated alkanes) is 4. The zero-order valence-electron chi connectivity index (χ0n) is 11.0. The molecule has 0 saturated heterocycles. The molecule has 0 unspecified atom stereocenters. The van der Waals surface area contributed by atoms with Crippen LogP contribution in [0.15, 0.2) is 0 Å². The van der Waals surface area contributed by atoms with Gasteiger partial charge in [0.2, 0.25) is 0 Å². The summed E-state index contributed by atoms with van der Waals surface area (Å²) in [4.78, 5) is 22.4. The second-order valence-electron chi connectivity index (χ2n) is 4.06. The Labute approximate surface area is 117 Å². The van der Waals surface area contributed by atoms with Crippen LogP contribution in [0, 0.1) is 0 Å². The van der Waals surface area contributed by atoms with Gasteiger partial charge in [0.25, 0.3) is 0 Å². The molecule has 0 aromatic heterocycles. The fourth-order valence-corrected chi connectivity index (χ4v) is 3.72. The van der Waals surface area contributed by atoms with Crippen molar-refractivity contribution in [2.24, 2.45) is 0 Å². The fraction of sp³-hybridized carbons (Fsp3) is 0.833. The SMILES string of the molecule is CCCCCC(=O)[O][Hg][O]C(=O)CCCCC. The van der Waals surface area contributed by atoms with E-state index in [9.17, 15) is 9.59 Å². The minimum absolute atomic E-state index is 0.193. The summed E-state index contributed by atoms with van der Waals surface area (Å²) in [5.41, 5.74) is 0. The van der Waals surface area contributed by atoms with Crippen LogP contribution < -0.4 is 0 Å². The maximum absolute atomic E-state index is 11.2. The summed E-state index contributed by atoms with van der Waals surface area (Å²) in [6.07, 6.45) is 6.92. The van der Waals surface area contributed by atoms with Crippen LogP contribution in [0.2, 0.25) is 0 Å². The van der Waals surface area contributed by atoms with Crippen molar-refractivity contribution in [1.82, 2.24) is 0 Å². The molecule has 0 spiro atoms. The van der Waals surface area contributed by atoms with Gasteiger partial charge in [-0.3, -0.25) is 0 Å². The van der Waals surface area contributed by atoms with Gasteiger partial charge in [0.15, 0.2) is 0 Å². The summed E-state index contributed by atoms with van der Waals surface area (Å²) in [6.45, 7) is 4.17. The van der Waals surface area contributed by atoms with E-state index in [4.69, 9.17) is 5.29 Å². The molecule has 0 aliphatic rings. The van der Waals surface area contributed by atoms with Crippen molar-refractivity contribution >= 4 is 11.9 Å². The standard InChI is InChI=1S/2C6H12O2.Hg/c2*1-2-3-4-5-6(7)8;/h2*2-5H2,1H3,(H,7,8);/q;;+2/p-2. The summed E-state index contributed by atoms with van der Waals surface area (Å²) < 4.78 is 10.0. The molecule has 0 atom stereocenters. The summed E-state index contributed by atoms with van der Waals surface area (Å²) >= 11 is -2.18. The van der Waals surface area contributed by atoms with Crippen molar-refractivity contribution in [3.63, 3.8) is 0 Å². The molecule has 5 heteroatoms. The van der Waals surface area contributed by atoms with E-state index in [0.717, 1.165) is 38.5 Å². The molecule has 0 aromatic rings. The van der Waals surface area contributed by atoms with Gasteiger partial charge in [0.05, 0.1) is 0 Å². The first-order valence-corrected chi connectivity index (χ1v) is 11.0. The predicted octanol–water partition coefficient (Wildman–Crippen LogP) is 3.15. The fourth-order valence-electron chi connectivity index (χ4n) is 1.34. The molecule has 0 aliphatic carbocycles. The van der Waals surface area contributed by atoms with Crippen molar-refractivity contribution < 1.29 is 40.4 Å². The molecule has 4 nitrogen and oxygen atoms in total. The summed E-state index contributed by atoms with van der Waals surface area (Å²) in [5, 5.41) is 0. The third-order valence-corrected chi connectivity index (χ3v) is 5.83.